The number of carbonyl (C=O) groups excluding carboxylic acids is 1. The van der Waals surface area contributed by atoms with Gasteiger partial charge in [-0.25, -0.2) is 22.2 Å². The number of benzene rings is 2. The van der Waals surface area contributed by atoms with Crippen LogP contribution in [0.15, 0.2) is 40.7 Å². The number of fused-ring (bicyclic) bond motifs is 1. The number of nitrogens with one attached hydrogen (secondary N) is 2. The van der Waals surface area contributed by atoms with Crippen molar-refractivity contribution in [2.45, 2.75) is 11.3 Å². The Morgan fingerprint density at radius 1 is 1.14 bits per heavy atom. The third-order valence-corrected chi connectivity index (χ3v) is 7.02. The van der Waals surface area contributed by atoms with Crippen LogP contribution in [-0.2, 0) is 14.8 Å². The summed E-state index contributed by atoms with van der Waals surface area (Å²) in [5.41, 5.74) is 1.31. The number of hydrogen-bond acceptors (Lipinski definition) is 6. The van der Waals surface area contributed by atoms with Gasteiger partial charge in [-0.2, -0.15) is 0 Å². The average molecular weight is 444 g/mol. The number of anilines is 2. The summed E-state index contributed by atoms with van der Waals surface area (Å²) in [6, 6.07) is 8.14. The minimum absolute atomic E-state index is 0.0259. The van der Waals surface area contributed by atoms with Gasteiger partial charge in [0.1, 0.15) is 0 Å². The van der Waals surface area contributed by atoms with Crippen LogP contribution in [0.5, 0.6) is 0 Å². The Kier molecular flexibility index (Phi) is 6.16. The summed E-state index contributed by atoms with van der Waals surface area (Å²) in [5, 5.41) is 2.49. The number of sulfonamides is 1. The Morgan fingerprint density at radius 3 is 2.61 bits per heavy atom. The van der Waals surface area contributed by atoms with Gasteiger partial charge in [-0.3, -0.25) is 9.52 Å². The highest BCUT2D eigenvalue weighted by Gasteiger charge is 2.12. The van der Waals surface area contributed by atoms with Crippen LogP contribution in [0, 0.1) is 11.6 Å². The van der Waals surface area contributed by atoms with E-state index in [1.807, 2.05) is 0 Å². The lowest BCUT2D eigenvalue weighted by Gasteiger charge is -2.04. The number of thiazole rings is 1. The van der Waals surface area contributed by atoms with Crippen LogP contribution in [0.2, 0.25) is 0 Å². The Morgan fingerprint density at radius 2 is 1.89 bits per heavy atom. The molecule has 3 rings (SSSR count). The van der Waals surface area contributed by atoms with Crippen LogP contribution in [0.3, 0.4) is 0 Å². The second kappa shape index (κ2) is 8.41. The van der Waals surface area contributed by atoms with E-state index in [9.17, 15) is 22.0 Å². The van der Waals surface area contributed by atoms with Crippen molar-refractivity contribution in [3.05, 3.63) is 48.0 Å². The molecule has 2 N–H and O–H groups in total. The van der Waals surface area contributed by atoms with E-state index in [1.165, 1.54) is 29.2 Å². The minimum Gasteiger partial charge on any atom is -0.325 e. The molecule has 0 radical (unpaired) electrons. The number of thioether (sulfide) groups is 1. The predicted octanol–water partition coefficient (Wildman–Crippen LogP) is 4.07. The molecule has 0 unspecified atom stereocenters. The number of aromatic nitrogens is 1. The first-order valence-corrected chi connectivity index (χ1v) is 11.5. The van der Waals surface area contributed by atoms with Gasteiger partial charge in [0.2, 0.25) is 15.9 Å². The van der Waals surface area contributed by atoms with Crippen LogP contribution in [0.1, 0.15) is 6.92 Å². The van der Waals surface area contributed by atoms with E-state index in [0.29, 0.717) is 15.5 Å². The monoisotopic (exact) mass is 443 g/mol. The van der Waals surface area contributed by atoms with Gasteiger partial charge >= 0.3 is 0 Å². The Balaban J connectivity index is 1.64. The standard InChI is InChI=1S/C17H15F2N3O3S3/c1-2-28(24,25)22-11-4-6-14-15(8-11)27-17(21-14)26-9-16(23)20-10-3-5-12(18)13(19)7-10/h3-8,22H,2,9H2,1H3,(H,20,23). The normalized spacial score (nSPS) is 11.5. The maximum atomic E-state index is 13.2. The van der Waals surface area contributed by atoms with Gasteiger partial charge in [-0.15, -0.1) is 11.3 Å². The maximum Gasteiger partial charge on any atom is 0.234 e. The largest absolute Gasteiger partial charge is 0.325 e. The molecule has 0 saturated carbocycles. The quantitative estimate of drug-likeness (QED) is 0.538. The molecule has 6 nitrogen and oxygen atoms in total. The summed E-state index contributed by atoms with van der Waals surface area (Å²) < 4.78 is 53.3. The van der Waals surface area contributed by atoms with Gasteiger partial charge in [0.25, 0.3) is 0 Å². The number of rotatable bonds is 7. The molecule has 0 aliphatic heterocycles. The van der Waals surface area contributed by atoms with Crippen LogP contribution in [0.4, 0.5) is 20.2 Å². The fourth-order valence-corrected chi connectivity index (χ4v) is 4.72. The van der Waals surface area contributed by atoms with E-state index in [1.54, 1.807) is 25.1 Å². The Hall–Kier alpha value is -2.24. The highest BCUT2D eigenvalue weighted by molar-refractivity contribution is 8.01. The zero-order valence-corrected chi connectivity index (χ0v) is 17.0. The molecule has 0 aliphatic rings. The van der Waals surface area contributed by atoms with Crippen molar-refractivity contribution in [3.8, 4) is 0 Å². The summed E-state index contributed by atoms with van der Waals surface area (Å²) in [6.45, 7) is 1.55. The molecule has 148 valence electrons. The lowest BCUT2D eigenvalue weighted by Crippen LogP contribution is -2.14. The number of nitrogens with zero attached hydrogens (tertiary/aromatic N) is 1. The van der Waals surface area contributed by atoms with E-state index in [2.05, 4.69) is 15.0 Å². The van der Waals surface area contributed by atoms with Gasteiger partial charge in [0.05, 0.1) is 27.4 Å². The van der Waals surface area contributed by atoms with Crippen molar-refractivity contribution < 1.29 is 22.0 Å². The zero-order valence-electron chi connectivity index (χ0n) is 14.5. The van der Waals surface area contributed by atoms with Crippen molar-refractivity contribution >= 4 is 60.6 Å². The van der Waals surface area contributed by atoms with Gasteiger partial charge in [0.15, 0.2) is 16.0 Å². The topological polar surface area (TPSA) is 88.2 Å². The first-order valence-electron chi connectivity index (χ1n) is 8.04. The van der Waals surface area contributed by atoms with E-state index < -0.39 is 21.7 Å². The number of amides is 1. The number of carbonyl (C=O) groups is 1. The highest BCUT2D eigenvalue weighted by Crippen LogP contribution is 2.31. The summed E-state index contributed by atoms with van der Waals surface area (Å²) in [4.78, 5) is 16.4. The van der Waals surface area contributed by atoms with Gasteiger partial charge < -0.3 is 5.32 Å². The van der Waals surface area contributed by atoms with Gasteiger partial charge in [-0.05, 0) is 37.3 Å². The third-order valence-electron chi connectivity index (χ3n) is 3.55. The summed E-state index contributed by atoms with van der Waals surface area (Å²) in [6.07, 6.45) is 0. The molecular weight excluding hydrogens is 428 g/mol. The lowest BCUT2D eigenvalue weighted by atomic mass is 10.3. The van der Waals surface area contributed by atoms with E-state index in [0.717, 1.165) is 16.8 Å². The SMILES string of the molecule is CCS(=O)(=O)Nc1ccc2nc(SCC(=O)Nc3ccc(F)c(F)c3)sc2c1. The molecule has 0 spiro atoms. The molecular formula is C17H15F2N3O3S3. The van der Waals surface area contributed by atoms with Crippen molar-refractivity contribution in [3.63, 3.8) is 0 Å². The molecule has 1 amide bonds. The maximum absolute atomic E-state index is 13.2. The van der Waals surface area contributed by atoms with Crippen molar-refractivity contribution in [2.75, 3.05) is 21.5 Å². The predicted molar refractivity (Wildman–Crippen MR) is 108 cm³/mol. The molecule has 11 heteroatoms. The second-order valence-electron chi connectivity index (χ2n) is 5.63. The van der Waals surface area contributed by atoms with Crippen molar-refractivity contribution in [1.82, 2.24) is 4.98 Å². The second-order valence-corrected chi connectivity index (χ2v) is 9.90. The van der Waals surface area contributed by atoms with E-state index >= 15 is 0 Å². The Labute approximate surface area is 168 Å². The van der Waals surface area contributed by atoms with Gasteiger partial charge in [0, 0.05) is 11.8 Å². The summed E-state index contributed by atoms with van der Waals surface area (Å²) in [7, 11) is -3.37. The highest BCUT2D eigenvalue weighted by atomic mass is 32.2. The van der Waals surface area contributed by atoms with Crippen LogP contribution in [0.25, 0.3) is 10.2 Å². The number of halogens is 2. The van der Waals surface area contributed by atoms with Crippen LogP contribution in [-0.4, -0.2) is 30.8 Å². The van der Waals surface area contributed by atoms with Crippen molar-refractivity contribution in [1.29, 1.82) is 0 Å². The van der Waals surface area contributed by atoms with Crippen LogP contribution >= 0.6 is 23.1 Å². The number of hydrogen-bond donors (Lipinski definition) is 2. The molecule has 1 heterocycles. The lowest BCUT2D eigenvalue weighted by molar-refractivity contribution is -0.113. The third kappa shape index (κ3) is 5.18. The van der Waals surface area contributed by atoms with Gasteiger partial charge in [-0.1, -0.05) is 11.8 Å². The molecule has 0 saturated heterocycles. The van der Waals surface area contributed by atoms with Crippen molar-refractivity contribution in [2.24, 2.45) is 0 Å². The summed E-state index contributed by atoms with van der Waals surface area (Å²) in [5.74, 6) is -2.39. The zero-order chi connectivity index (χ0) is 20.3. The molecule has 0 aliphatic carbocycles. The summed E-state index contributed by atoms with van der Waals surface area (Å²) >= 11 is 2.52. The molecule has 3 aromatic rings. The molecule has 2 aromatic carbocycles. The molecule has 0 atom stereocenters. The first-order chi connectivity index (χ1) is 13.3. The van der Waals surface area contributed by atoms with E-state index in [4.69, 9.17) is 0 Å². The fraction of sp³-hybridized carbons (Fsp3) is 0.176. The molecule has 0 fully saturated rings. The van der Waals surface area contributed by atoms with E-state index in [-0.39, 0.29) is 23.1 Å². The fourth-order valence-electron chi connectivity index (χ4n) is 2.18. The van der Waals surface area contributed by atoms with Crippen LogP contribution < -0.4 is 10.0 Å². The minimum atomic E-state index is -3.37. The molecule has 1 aromatic heterocycles. The first kappa shape index (κ1) is 20.5. The average Bonchev–Trinajstić information content (AvgIpc) is 3.05. The Bertz CT molecular complexity index is 1130. The molecule has 0 bridgehead atoms. The smallest absolute Gasteiger partial charge is 0.234 e. The molecule has 28 heavy (non-hydrogen) atoms.